The molecule has 1 atom stereocenters. The second-order valence-corrected chi connectivity index (χ2v) is 7.92. The van der Waals surface area contributed by atoms with Crippen LogP contribution >= 0.6 is 11.6 Å². The van der Waals surface area contributed by atoms with Crippen molar-refractivity contribution in [2.24, 2.45) is 5.73 Å². The van der Waals surface area contributed by atoms with Crippen molar-refractivity contribution in [2.45, 2.75) is 30.3 Å². The molecular formula is C14H22ClN3O2S. The van der Waals surface area contributed by atoms with E-state index in [2.05, 4.69) is 4.90 Å². The third kappa shape index (κ3) is 3.57. The fraction of sp³-hybridized carbons (Fsp3) is 0.571. The number of likely N-dealkylation sites (N-methyl/N-ethyl adjacent to an activating group) is 2. The lowest BCUT2D eigenvalue weighted by atomic mass is 10.1. The fourth-order valence-electron chi connectivity index (χ4n) is 2.67. The highest BCUT2D eigenvalue weighted by molar-refractivity contribution is 7.89. The lowest BCUT2D eigenvalue weighted by Crippen LogP contribution is -2.47. The Kier molecular flexibility index (Phi) is 5.27. The fourth-order valence-corrected chi connectivity index (χ4v) is 4.58. The van der Waals surface area contributed by atoms with Gasteiger partial charge in [-0.05, 0) is 44.1 Å². The number of hydrogen-bond acceptors (Lipinski definition) is 4. The van der Waals surface area contributed by atoms with Crippen LogP contribution in [0.3, 0.4) is 0 Å². The molecule has 21 heavy (non-hydrogen) atoms. The van der Waals surface area contributed by atoms with Crippen LogP contribution in [0.15, 0.2) is 23.1 Å². The summed E-state index contributed by atoms with van der Waals surface area (Å²) in [6.07, 6.45) is 1.87. The molecule has 0 aromatic heterocycles. The normalized spacial score (nSPS) is 20.9. The third-order valence-corrected chi connectivity index (χ3v) is 6.40. The molecular weight excluding hydrogens is 310 g/mol. The molecule has 1 aliphatic rings. The Labute approximate surface area is 131 Å². The van der Waals surface area contributed by atoms with E-state index in [1.54, 1.807) is 25.2 Å². The Morgan fingerprint density at radius 2 is 2.19 bits per heavy atom. The molecule has 2 N–H and O–H groups in total. The quantitative estimate of drug-likeness (QED) is 0.908. The van der Waals surface area contributed by atoms with Gasteiger partial charge in [0.25, 0.3) is 0 Å². The van der Waals surface area contributed by atoms with Crippen molar-refractivity contribution < 1.29 is 8.42 Å². The summed E-state index contributed by atoms with van der Waals surface area (Å²) in [5.74, 6) is 0. The zero-order valence-corrected chi connectivity index (χ0v) is 14.0. The van der Waals surface area contributed by atoms with Gasteiger partial charge in [0.05, 0.1) is 5.02 Å². The monoisotopic (exact) mass is 331 g/mol. The Morgan fingerprint density at radius 1 is 1.48 bits per heavy atom. The van der Waals surface area contributed by atoms with E-state index in [0.29, 0.717) is 6.54 Å². The minimum Gasteiger partial charge on any atom is -0.326 e. The number of benzene rings is 1. The Bertz CT molecular complexity index is 606. The standard InChI is InChI=1S/C14H22ClN3O2S/c1-17-7-3-4-12(10-17)18(2)21(19,20)14-6-5-11(9-16)8-13(14)15/h5-6,8,12H,3-4,7,9-10,16H2,1-2H3. The molecule has 7 heteroatoms. The number of nitrogens with zero attached hydrogens (tertiary/aromatic N) is 2. The molecule has 1 unspecified atom stereocenters. The summed E-state index contributed by atoms with van der Waals surface area (Å²) in [6.45, 7) is 2.09. The van der Waals surface area contributed by atoms with Crippen molar-refractivity contribution in [2.75, 3.05) is 27.2 Å². The predicted molar refractivity (Wildman–Crippen MR) is 84.8 cm³/mol. The van der Waals surface area contributed by atoms with Crippen molar-refractivity contribution in [1.29, 1.82) is 0 Å². The minimum absolute atomic E-state index is 0.0148. The molecule has 0 spiro atoms. The molecule has 1 aromatic carbocycles. The molecule has 0 bridgehead atoms. The smallest absolute Gasteiger partial charge is 0.244 e. The molecule has 1 aromatic rings. The van der Waals surface area contributed by atoms with Crippen molar-refractivity contribution in [3.8, 4) is 0 Å². The van der Waals surface area contributed by atoms with Gasteiger partial charge in [0.15, 0.2) is 0 Å². The first-order chi connectivity index (χ1) is 9.86. The molecule has 1 aliphatic heterocycles. The Balaban J connectivity index is 2.28. The summed E-state index contributed by atoms with van der Waals surface area (Å²) < 4.78 is 27.0. The highest BCUT2D eigenvalue weighted by atomic mass is 35.5. The second kappa shape index (κ2) is 6.62. The van der Waals surface area contributed by atoms with Crippen LogP contribution in [0.5, 0.6) is 0 Å². The van der Waals surface area contributed by atoms with Crippen LogP contribution in [-0.4, -0.2) is 50.8 Å². The van der Waals surface area contributed by atoms with E-state index in [9.17, 15) is 8.42 Å². The molecule has 0 radical (unpaired) electrons. The highest BCUT2D eigenvalue weighted by Crippen LogP contribution is 2.27. The van der Waals surface area contributed by atoms with Gasteiger partial charge in [0.1, 0.15) is 4.90 Å². The maximum Gasteiger partial charge on any atom is 0.244 e. The van der Waals surface area contributed by atoms with Gasteiger partial charge in [-0.3, -0.25) is 0 Å². The molecule has 1 fully saturated rings. The summed E-state index contributed by atoms with van der Waals surface area (Å²) in [5, 5.41) is 0.231. The molecule has 118 valence electrons. The number of nitrogens with two attached hydrogens (primary N) is 1. The highest BCUT2D eigenvalue weighted by Gasteiger charge is 2.31. The van der Waals surface area contributed by atoms with Crippen LogP contribution in [0, 0.1) is 0 Å². The van der Waals surface area contributed by atoms with E-state index in [1.807, 2.05) is 7.05 Å². The number of halogens is 1. The zero-order valence-electron chi connectivity index (χ0n) is 12.4. The van der Waals surface area contributed by atoms with Crippen LogP contribution in [-0.2, 0) is 16.6 Å². The molecule has 2 rings (SSSR count). The number of piperidine rings is 1. The van der Waals surface area contributed by atoms with Crippen LogP contribution in [0.1, 0.15) is 18.4 Å². The molecule has 0 saturated carbocycles. The largest absolute Gasteiger partial charge is 0.326 e. The first-order valence-corrected chi connectivity index (χ1v) is 8.83. The van der Waals surface area contributed by atoms with Gasteiger partial charge in [0.2, 0.25) is 10.0 Å². The van der Waals surface area contributed by atoms with E-state index in [4.69, 9.17) is 17.3 Å². The SMILES string of the molecule is CN1CCCC(N(C)S(=O)(=O)c2ccc(CN)cc2Cl)C1. The van der Waals surface area contributed by atoms with Crippen LogP contribution < -0.4 is 5.73 Å². The number of likely N-dealkylation sites (tertiary alicyclic amines) is 1. The van der Waals surface area contributed by atoms with Gasteiger partial charge >= 0.3 is 0 Å². The molecule has 1 saturated heterocycles. The first-order valence-electron chi connectivity index (χ1n) is 7.01. The van der Waals surface area contributed by atoms with Crippen LogP contribution in [0.4, 0.5) is 0 Å². The molecule has 0 amide bonds. The van der Waals surface area contributed by atoms with Gasteiger partial charge in [0, 0.05) is 26.2 Å². The number of sulfonamides is 1. The van der Waals surface area contributed by atoms with Gasteiger partial charge in [-0.15, -0.1) is 0 Å². The topological polar surface area (TPSA) is 66.6 Å². The molecule has 5 nitrogen and oxygen atoms in total. The number of hydrogen-bond donors (Lipinski definition) is 1. The summed E-state index contributed by atoms with van der Waals surface area (Å²) in [4.78, 5) is 2.30. The van der Waals surface area contributed by atoms with Crippen molar-refractivity contribution in [3.63, 3.8) is 0 Å². The number of rotatable bonds is 4. The average Bonchev–Trinajstić information content (AvgIpc) is 2.45. The zero-order chi connectivity index (χ0) is 15.6. The van der Waals surface area contributed by atoms with Crippen molar-refractivity contribution >= 4 is 21.6 Å². The maximum atomic E-state index is 12.8. The van der Waals surface area contributed by atoms with E-state index >= 15 is 0 Å². The lowest BCUT2D eigenvalue weighted by Gasteiger charge is -2.35. The van der Waals surface area contributed by atoms with Crippen molar-refractivity contribution in [3.05, 3.63) is 28.8 Å². The van der Waals surface area contributed by atoms with E-state index in [0.717, 1.165) is 31.5 Å². The Hall–Kier alpha value is -0.660. The van der Waals surface area contributed by atoms with E-state index < -0.39 is 10.0 Å². The first kappa shape index (κ1) is 16.7. The maximum absolute atomic E-state index is 12.8. The van der Waals surface area contributed by atoms with Gasteiger partial charge < -0.3 is 10.6 Å². The van der Waals surface area contributed by atoms with Crippen LogP contribution in [0.2, 0.25) is 5.02 Å². The van der Waals surface area contributed by atoms with Crippen LogP contribution in [0.25, 0.3) is 0 Å². The molecule has 0 aliphatic carbocycles. The summed E-state index contributed by atoms with van der Waals surface area (Å²) in [7, 11) is 0.0571. The lowest BCUT2D eigenvalue weighted by molar-refractivity contribution is 0.187. The average molecular weight is 332 g/mol. The van der Waals surface area contributed by atoms with Gasteiger partial charge in [-0.25, -0.2) is 8.42 Å². The van der Waals surface area contributed by atoms with Gasteiger partial charge in [-0.2, -0.15) is 4.31 Å². The summed E-state index contributed by atoms with van der Waals surface area (Å²) >= 11 is 6.13. The van der Waals surface area contributed by atoms with Crippen molar-refractivity contribution in [1.82, 2.24) is 9.21 Å². The van der Waals surface area contributed by atoms with Gasteiger partial charge in [-0.1, -0.05) is 17.7 Å². The molecule has 1 heterocycles. The summed E-state index contributed by atoms with van der Waals surface area (Å²) in [5.41, 5.74) is 6.36. The van der Waals surface area contributed by atoms with E-state index in [-0.39, 0.29) is 16.0 Å². The van der Waals surface area contributed by atoms with E-state index in [1.165, 1.54) is 4.31 Å². The predicted octanol–water partition coefficient (Wildman–Crippen LogP) is 1.51. The third-order valence-electron chi connectivity index (χ3n) is 4.00. The second-order valence-electron chi connectivity index (χ2n) is 5.55. The Morgan fingerprint density at radius 3 is 2.76 bits per heavy atom. The minimum atomic E-state index is -3.58. The summed E-state index contributed by atoms with van der Waals surface area (Å²) in [6, 6.07) is 4.86.